The van der Waals surface area contributed by atoms with Crippen molar-refractivity contribution in [3.05, 3.63) is 65.2 Å². The number of benzene rings is 2. The van der Waals surface area contributed by atoms with E-state index in [4.69, 9.17) is 5.73 Å². The van der Waals surface area contributed by atoms with Crippen LogP contribution in [0.15, 0.2) is 48.5 Å². The number of hydrogen-bond donors (Lipinski definition) is 2. The molecule has 0 aliphatic carbocycles. The van der Waals surface area contributed by atoms with E-state index in [1.54, 1.807) is 0 Å². The fourth-order valence-corrected chi connectivity index (χ4v) is 3.59. The zero-order valence-corrected chi connectivity index (χ0v) is 16.2. The maximum atomic E-state index is 13.3. The van der Waals surface area contributed by atoms with Gasteiger partial charge in [0.1, 0.15) is 5.75 Å². The van der Waals surface area contributed by atoms with Crippen molar-refractivity contribution in [2.24, 2.45) is 17.6 Å². The second-order valence-corrected chi connectivity index (χ2v) is 7.86. The first-order chi connectivity index (χ1) is 12.5. The first-order valence-corrected chi connectivity index (χ1v) is 9.20. The Morgan fingerprint density at radius 1 is 0.926 bits per heavy atom. The molecular formula is C22H28F3NO. The summed E-state index contributed by atoms with van der Waals surface area (Å²) >= 11 is 0. The summed E-state index contributed by atoms with van der Waals surface area (Å²) in [6, 6.07) is 12.3. The summed E-state index contributed by atoms with van der Waals surface area (Å²) in [5, 5.41) is 10.4. The zero-order valence-electron chi connectivity index (χ0n) is 16.2. The van der Waals surface area contributed by atoms with E-state index in [1.165, 1.54) is 0 Å². The van der Waals surface area contributed by atoms with Crippen molar-refractivity contribution < 1.29 is 18.3 Å². The van der Waals surface area contributed by atoms with Crippen LogP contribution in [0.25, 0.3) is 0 Å². The standard InChI is InChI=1S/C22H28F3NO/c1-14(2)21(26,15(3)4)13-19(16-8-6-5-7-9-16)18-12-17(22(23,24)25)10-11-20(18)27/h5-12,14-15,19,27H,13,26H2,1-4H3. The van der Waals surface area contributed by atoms with Gasteiger partial charge in [-0.3, -0.25) is 0 Å². The van der Waals surface area contributed by atoms with Crippen molar-refractivity contribution in [2.45, 2.75) is 51.7 Å². The van der Waals surface area contributed by atoms with Crippen LogP contribution < -0.4 is 5.73 Å². The average Bonchev–Trinajstić information content (AvgIpc) is 2.59. The van der Waals surface area contributed by atoms with E-state index in [1.807, 2.05) is 58.0 Å². The van der Waals surface area contributed by atoms with Crippen molar-refractivity contribution in [3.63, 3.8) is 0 Å². The van der Waals surface area contributed by atoms with Gasteiger partial charge in [0.05, 0.1) is 5.56 Å². The van der Waals surface area contributed by atoms with Crippen LogP contribution in [0.4, 0.5) is 13.2 Å². The van der Waals surface area contributed by atoms with Crippen molar-refractivity contribution in [1.29, 1.82) is 0 Å². The lowest BCUT2D eigenvalue weighted by Crippen LogP contribution is -2.51. The molecule has 148 valence electrons. The first-order valence-electron chi connectivity index (χ1n) is 9.20. The van der Waals surface area contributed by atoms with Gasteiger partial charge in [-0.15, -0.1) is 0 Å². The average molecular weight is 379 g/mol. The summed E-state index contributed by atoms with van der Waals surface area (Å²) in [5.74, 6) is -0.344. The molecule has 0 saturated carbocycles. The zero-order chi connectivity index (χ0) is 20.4. The van der Waals surface area contributed by atoms with Gasteiger partial charge in [0.25, 0.3) is 0 Å². The molecule has 2 rings (SSSR count). The smallest absolute Gasteiger partial charge is 0.416 e. The molecule has 2 nitrogen and oxygen atoms in total. The number of hydrogen-bond acceptors (Lipinski definition) is 2. The van der Waals surface area contributed by atoms with Gasteiger partial charge in [-0.25, -0.2) is 0 Å². The molecule has 0 heterocycles. The van der Waals surface area contributed by atoms with Gasteiger partial charge in [-0.05, 0) is 42.0 Å². The number of aromatic hydroxyl groups is 1. The van der Waals surface area contributed by atoms with E-state index < -0.39 is 23.2 Å². The second kappa shape index (κ2) is 7.93. The highest BCUT2D eigenvalue weighted by Crippen LogP contribution is 2.43. The third-order valence-electron chi connectivity index (χ3n) is 5.64. The molecule has 0 fully saturated rings. The fraction of sp³-hybridized carbons (Fsp3) is 0.455. The molecule has 2 aromatic rings. The lowest BCUT2D eigenvalue weighted by molar-refractivity contribution is -0.137. The van der Waals surface area contributed by atoms with Crippen LogP contribution in [0.5, 0.6) is 5.75 Å². The van der Waals surface area contributed by atoms with Gasteiger partial charge in [-0.1, -0.05) is 58.0 Å². The van der Waals surface area contributed by atoms with Crippen molar-refractivity contribution in [1.82, 2.24) is 0 Å². The molecule has 0 aliphatic heterocycles. The molecule has 0 radical (unpaired) electrons. The molecule has 2 aromatic carbocycles. The summed E-state index contributed by atoms with van der Waals surface area (Å²) in [7, 11) is 0. The maximum Gasteiger partial charge on any atom is 0.416 e. The van der Waals surface area contributed by atoms with Crippen molar-refractivity contribution in [2.75, 3.05) is 0 Å². The van der Waals surface area contributed by atoms with Crippen LogP contribution in [0.3, 0.4) is 0 Å². The number of nitrogens with two attached hydrogens (primary N) is 1. The summed E-state index contributed by atoms with van der Waals surface area (Å²) < 4.78 is 39.8. The summed E-state index contributed by atoms with van der Waals surface area (Å²) in [6.45, 7) is 8.09. The third kappa shape index (κ3) is 4.64. The van der Waals surface area contributed by atoms with Crippen molar-refractivity contribution in [3.8, 4) is 5.75 Å². The molecular weight excluding hydrogens is 351 g/mol. The Balaban J connectivity index is 2.62. The normalized spacial score (nSPS) is 14.0. The Bertz CT molecular complexity index is 746. The van der Waals surface area contributed by atoms with E-state index in [-0.39, 0.29) is 23.1 Å². The van der Waals surface area contributed by atoms with E-state index in [9.17, 15) is 18.3 Å². The van der Waals surface area contributed by atoms with Crippen LogP contribution >= 0.6 is 0 Å². The molecule has 5 heteroatoms. The number of phenolic OH excluding ortho intramolecular Hbond substituents is 1. The predicted molar refractivity (Wildman–Crippen MR) is 103 cm³/mol. The Morgan fingerprint density at radius 3 is 1.96 bits per heavy atom. The summed E-state index contributed by atoms with van der Waals surface area (Å²) in [6.07, 6.45) is -4.04. The molecule has 0 saturated heterocycles. The summed E-state index contributed by atoms with van der Waals surface area (Å²) in [5.41, 5.74) is 6.46. The Labute approximate surface area is 159 Å². The van der Waals surface area contributed by atoms with Crippen LogP contribution in [-0.2, 0) is 6.18 Å². The Morgan fingerprint density at radius 2 is 1.48 bits per heavy atom. The summed E-state index contributed by atoms with van der Waals surface area (Å²) in [4.78, 5) is 0. The van der Waals surface area contributed by atoms with Crippen LogP contribution in [0.2, 0.25) is 0 Å². The molecule has 27 heavy (non-hydrogen) atoms. The van der Waals surface area contributed by atoms with E-state index in [2.05, 4.69) is 0 Å². The highest BCUT2D eigenvalue weighted by molar-refractivity contribution is 5.44. The Kier molecular flexibility index (Phi) is 6.25. The molecule has 0 spiro atoms. The molecule has 0 aliphatic rings. The Hall–Kier alpha value is -2.01. The third-order valence-corrected chi connectivity index (χ3v) is 5.64. The molecule has 3 N–H and O–H groups in total. The van der Waals surface area contributed by atoms with Gasteiger partial charge in [-0.2, -0.15) is 13.2 Å². The van der Waals surface area contributed by atoms with Crippen molar-refractivity contribution >= 4 is 0 Å². The van der Waals surface area contributed by atoms with Gasteiger partial charge in [0.15, 0.2) is 0 Å². The number of phenols is 1. The van der Waals surface area contributed by atoms with E-state index >= 15 is 0 Å². The van der Waals surface area contributed by atoms with Crippen LogP contribution in [0, 0.1) is 11.8 Å². The molecule has 0 aromatic heterocycles. The van der Waals surface area contributed by atoms with Gasteiger partial charge in [0.2, 0.25) is 0 Å². The SMILES string of the molecule is CC(C)C(N)(CC(c1ccccc1)c1cc(C(F)(F)F)ccc1O)C(C)C. The van der Waals surface area contributed by atoms with Gasteiger partial charge in [0, 0.05) is 17.0 Å². The molecule has 1 unspecified atom stereocenters. The maximum absolute atomic E-state index is 13.3. The van der Waals surface area contributed by atoms with E-state index in [0.29, 0.717) is 6.42 Å². The van der Waals surface area contributed by atoms with E-state index in [0.717, 1.165) is 23.8 Å². The molecule has 1 atom stereocenters. The second-order valence-electron chi connectivity index (χ2n) is 7.86. The topological polar surface area (TPSA) is 46.2 Å². The lowest BCUT2D eigenvalue weighted by atomic mass is 9.69. The lowest BCUT2D eigenvalue weighted by Gasteiger charge is -2.41. The highest BCUT2D eigenvalue weighted by Gasteiger charge is 2.38. The number of rotatable bonds is 6. The van der Waals surface area contributed by atoms with Gasteiger partial charge < -0.3 is 10.8 Å². The first kappa shape index (κ1) is 21.3. The molecule has 0 amide bonds. The fourth-order valence-electron chi connectivity index (χ4n) is 3.59. The number of alkyl halides is 3. The minimum Gasteiger partial charge on any atom is -0.508 e. The van der Waals surface area contributed by atoms with Gasteiger partial charge >= 0.3 is 6.18 Å². The van der Waals surface area contributed by atoms with Crippen LogP contribution in [0.1, 0.15) is 56.7 Å². The number of halogens is 3. The minimum absolute atomic E-state index is 0.122. The largest absolute Gasteiger partial charge is 0.508 e. The highest BCUT2D eigenvalue weighted by atomic mass is 19.4. The van der Waals surface area contributed by atoms with Crippen LogP contribution in [-0.4, -0.2) is 10.6 Å². The molecule has 0 bridgehead atoms. The minimum atomic E-state index is -4.47. The quantitative estimate of drug-likeness (QED) is 0.652. The monoisotopic (exact) mass is 379 g/mol. The predicted octanol–water partition coefficient (Wildman–Crippen LogP) is 5.94.